The minimum atomic E-state index is -3.54. The van der Waals surface area contributed by atoms with Crippen molar-refractivity contribution in [1.82, 2.24) is 10.2 Å². The van der Waals surface area contributed by atoms with Gasteiger partial charge in [0.25, 0.3) is 0 Å². The summed E-state index contributed by atoms with van der Waals surface area (Å²) in [6.45, 7) is 5.97. The first-order valence-corrected chi connectivity index (χ1v) is 15.1. The maximum Gasteiger partial charge on any atom is 0.242 e. The molecule has 1 N–H and O–H groups in total. The van der Waals surface area contributed by atoms with Crippen molar-refractivity contribution in [2.75, 3.05) is 17.1 Å². The monoisotopic (exact) mass is 547 g/mol. The van der Waals surface area contributed by atoms with Gasteiger partial charge in [0.1, 0.15) is 6.04 Å². The van der Waals surface area contributed by atoms with Crippen LogP contribution >= 0.6 is 11.6 Å². The van der Waals surface area contributed by atoms with E-state index in [9.17, 15) is 18.0 Å². The number of aryl methyl sites for hydroxylation is 2. The Bertz CT molecular complexity index is 1190. The molecule has 1 aliphatic carbocycles. The molecule has 37 heavy (non-hydrogen) atoms. The molecule has 9 heteroatoms. The summed E-state index contributed by atoms with van der Waals surface area (Å²) in [5.41, 5.74) is 3.30. The van der Waals surface area contributed by atoms with Crippen LogP contribution < -0.4 is 9.62 Å². The second-order valence-corrected chi connectivity index (χ2v) is 12.4. The molecule has 0 aliphatic heterocycles. The van der Waals surface area contributed by atoms with Crippen LogP contribution in [0.4, 0.5) is 5.69 Å². The molecule has 1 atom stereocenters. The molecule has 0 bridgehead atoms. The molecule has 7 nitrogen and oxygen atoms in total. The minimum Gasteiger partial charge on any atom is -0.352 e. The van der Waals surface area contributed by atoms with Gasteiger partial charge < -0.3 is 10.2 Å². The van der Waals surface area contributed by atoms with Gasteiger partial charge in [0.15, 0.2) is 0 Å². The zero-order valence-electron chi connectivity index (χ0n) is 22.2. The lowest BCUT2D eigenvalue weighted by atomic mass is 10.1. The number of nitrogens with one attached hydrogen (secondary N) is 1. The van der Waals surface area contributed by atoms with E-state index in [1.807, 2.05) is 44.2 Å². The number of amides is 2. The molecule has 0 heterocycles. The topological polar surface area (TPSA) is 86.8 Å². The number of hydrogen-bond donors (Lipinski definition) is 1. The standard InChI is InChI=1S/C28H38ClN3O4S/c1-20-11-12-21(2)26(18-20)32(37(4,35)36)17-7-10-27(33)31(19-23-13-15-24(29)16-14-23)22(3)28(34)30-25-8-5-6-9-25/h11-16,18,22,25H,5-10,17,19H2,1-4H3,(H,30,34). The van der Waals surface area contributed by atoms with Crippen LogP contribution in [0.15, 0.2) is 42.5 Å². The molecule has 0 saturated heterocycles. The summed E-state index contributed by atoms with van der Waals surface area (Å²) in [7, 11) is -3.54. The van der Waals surface area contributed by atoms with Crippen molar-refractivity contribution in [1.29, 1.82) is 0 Å². The molecule has 1 saturated carbocycles. The summed E-state index contributed by atoms with van der Waals surface area (Å²) in [6.07, 6.45) is 5.75. The fourth-order valence-electron chi connectivity index (χ4n) is 4.73. The number of nitrogens with zero attached hydrogens (tertiary/aromatic N) is 2. The summed E-state index contributed by atoms with van der Waals surface area (Å²) in [4.78, 5) is 28.1. The van der Waals surface area contributed by atoms with Gasteiger partial charge in [-0.05, 0) is 74.9 Å². The lowest BCUT2D eigenvalue weighted by Gasteiger charge is -2.30. The summed E-state index contributed by atoms with van der Waals surface area (Å²) < 4.78 is 26.6. The SMILES string of the molecule is Cc1ccc(C)c(N(CCCC(=O)N(Cc2ccc(Cl)cc2)C(C)C(=O)NC2CCCC2)S(C)(=O)=O)c1. The molecule has 2 aromatic rings. The lowest BCUT2D eigenvalue weighted by molar-refractivity contribution is -0.141. The minimum absolute atomic E-state index is 0.117. The first-order chi connectivity index (χ1) is 17.5. The number of anilines is 1. The highest BCUT2D eigenvalue weighted by Gasteiger charge is 2.29. The average molecular weight is 548 g/mol. The third-order valence-electron chi connectivity index (χ3n) is 6.92. The summed E-state index contributed by atoms with van der Waals surface area (Å²) in [6, 6.07) is 12.4. The number of sulfonamides is 1. The van der Waals surface area contributed by atoms with Gasteiger partial charge in [0.2, 0.25) is 21.8 Å². The van der Waals surface area contributed by atoms with E-state index in [0.717, 1.165) is 42.4 Å². The molecule has 0 aromatic heterocycles. The fraction of sp³-hybridized carbons (Fsp3) is 0.500. The third kappa shape index (κ3) is 8.20. The number of carbonyl (C=O) groups is 2. The molecule has 202 valence electrons. The van der Waals surface area contributed by atoms with Crippen LogP contribution in [0.25, 0.3) is 0 Å². The van der Waals surface area contributed by atoms with Gasteiger partial charge in [0, 0.05) is 30.6 Å². The Morgan fingerprint density at radius 2 is 1.73 bits per heavy atom. The molecular formula is C28H38ClN3O4S. The Balaban J connectivity index is 1.73. The van der Waals surface area contributed by atoms with Gasteiger partial charge in [-0.3, -0.25) is 13.9 Å². The van der Waals surface area contributed by atoms with Gasteiger partial charge in [-0.15, -0.1) is 0 Å². The van der Waals surface area contributed by atoms with Crippen LogP contribution in [0, 0.1) is 13.8 Å². The Morgan fingerprint density at radius 3 is 2.35 bits per heavy atom. The van der Waals surface area contributed by atoms with Crippen LogP contribution in [0.2, 0.25) is 5.02 Å². The van der Waals surface area contributed by atoms with E-state index in [4.69, 9.17) is 11.6 Å². The second kappa shape index (κ2) is 12.8. The zero-order valence-corrected chi connectivity index (χ0v) is 23.7. The first kappa shape index (κ1) is 29.0. The van der Waals surface area contributed by atoms with E-state index in [0.29, 0.717) is 17.1 Å². The summed E-state index contributed by atoms with van der Waals surface area (Å²) in [5.74, 6) is -0.360. The molecule has 1 fully saturated rings. The third-order valence-corrected chi connectivity index (χ3v) is 8.35. The summed E-state index contributed by atoms with van der Waals surface area (Å²) >= 11 is 6.03. The van der Waals surface area contributed by atoms with Gasteiger partial charge in [-0.25, -0.2) is 8.42 Å². The molecule has 0 radical (unpaired) electrons. The molecule has 2 aromatic carbocycles. The van der Waals surface area contributed by atoms with Gasteiger partial charge in [-0.1, -0.05) is 48.7 Å². The Kier molecular flexibility index (Phi) is 10.0. The quantitative estimate of drug-likeness (QED) is 0.430. The van der Waals surface area contributed by atoms with Crippen molar-refractivity contribution in [3.63, 3.8) is 0 Å². The van der Waals surface area contributed by atoms with Crippen LogP contribution in [0.3, 0.4) is 0 Å². The molecule has 1 aliphatic rings. The number of hydrogen-bond acceptors (Lipinski definition) is 4. The van der Waals surface area contributed by atoms with E-state index in [2.05, 4.69) is 5.32 Å². The number of halogens is 1. The molecular weight excluding hydrogens is 510 g/mol. The van der Waals surface area contributed by atoms with Crippen molar-refractivity contribution in [2.24, 2.45) is 0 Å². The van der Waals surface area contributed by atoms with E-state index in [1.165, 1.54) is 10.6 Å². The highest BCUT2D eigenvalue weighted by atomic mass is 35.5. The maximum absolute atomic E-state index is 13.4. The van der Waals surface area contributed by atoms with Crippen LogP contribution in [-0.2, 0) is 26.2 Å². The smallest absolute Gasteiger partial charge is 0.242 e. The van der Waals surface area contributed by atoms with E-state index in [1.54, 1.807) is 24.0 Å². The lowest BCUT2D eigenvalue weighted by Crippen LogP contribution is -2.49. The largest absolute Gasteiger partial charge is 0.352 e. The molecule has 3 rings (SSSR count). The second-order valence-electron chi connectivity index (χ2n) is 10.0. The first-order valence-electron chi connectivity index (χ1n) is 12.8. The van der Waals surface area contributed by atoms with Crippen molar-refractivity contribution in [3.8, 4) is 0 Å². The predicted octanol–water partition coefficient (Wildman–Crippen LogP) is 4.98. The maximum atomic E-state index is 13.4. The number of benzene rings is 2. The van der Waals surface area contributed by atoms with Crippen molar-refractivity contribution in [2.45, 2.75) is 77.9 Å². The molecule has 1 unspecified atom stereocenters. The fourth-order valence-corrected chi connectivity index (χ4v) is 5.87. The summed E-state index contributed by atoms with van der Waals surface area (Å²) in [5, 5.41) is 3.69. The normalized spacial score (nSPS) is 14.8. The van der Waals surface area contributed by atoms with Crippen molar-refractivity contribution < 1.29 is 18.0 Å². The van der Waals surface area contributed by atoms with Crippen LogP contribution in [-0.4, -0.2) is 50.0 Å². The highest BCUT2D eigenvalue weighted by Crippen LogP contribution is 2.25. The Morgan fingerprint density at radius 1 is 1.08 bits per heavy atom. The van der Waals surface area contributed by atoms with Gasteiger partial charge in [-0.2, -0.15) is 0 Å². The predicted molar refractivity (Wildman–Crippen MR) is 149 cm³/mol. The van der Waals surface area contributed by atoms with E-state index in [-0.39, 0.29) is 37.4 Å². The van der Waals surface area contributed by atoms with E-state index < -0.39 is 16.1 Å². The van der Waals surface area contributed by atoms with Crippen LogP contribution in [0.5, 0.6) is 0 Å². The van der Waals surface area contributed by atoms with Crippen molar-refractivity contribution in [3.05, 3.63) is 64.2 Å². The Labute approximate surface area is 226 Å². The van der Waals surface area contributed by atoms with Gasteiger partial charge in [0.05, 0.1) is 11.9 Å². The van der Waals surface area contributed by atoms with E-state index >= 15 is 0 Å². The molecule has 2 amide bonds. The van der Waals surface area contributed by atoms with Crippen molar-refractivity contribution >= 4 is 39.1 Å². The highest BCUT2D eigenvalue weighted by molar-refractivity contribution is 7.92. The van der Waals surface area contributed by atoms with Gasteiger partial charge >= 0.3 is 0 Å². The number of carbonyl (C=O) groups excluding carboxylic acids is 2. The van der Waals surface area contributed by atoms with Crippen LogP contribution in [0.1, 0.15) is 62.1 Å². The molecule has 0 spiro atoms. The Hall–Kier alpha value is -2.58. The number of rotatable bonds is 11. The zero-order chi connectivity index (χ0) is 27.2. The average Bonchev–Trinajstić information content (AvgIpc) is 3.35.